The zero-order valence-electron chi connectivity index (χ0n) is 8.60. The van der Waals surface area contributed by atoms with E-state index in [4.69, 9.17) is 0 Å². The predicted octanol–water partition coefficient (Wildman–Crippen LogP) is 1.79. The Morgan fingerprint density at radius 1 is 1.12 bits per heavy atom. The van der Waals surface area contributed by atoms with E-state index in [1.54, 1.807) is 37.4 Å². The maximum atomic E-state index is 11.1. The first-order valence-corrected chi connectivity index (χ1v) is 6.10. The summed E-state index contributed by atoms with van der Waals surface area (Å²) in [4.78, 5) is -0.185. The standard InChI is InChI=1S/C11H11NO3S/c1-12-9-6-2-4-8-5-3-7-10(11(8)9)16(13,14)15/h2-7,12H,1H3,(H,13,14,15)/p-1. The molecule has 0 unspecified atom stereocenters. The molecule has 5 heteroatoms. The predicted molar refractivity (Wildman–Crippen MR) is 61.5 cm³/mol. The van der Waals surface area contributed by atoms with Crippen LogP contribution in [0.1, 0.15) is 0 Å². The van der Waals surface area contributed by atoms with Crippen LogP contribution in [0, 0.1) is 0 Å². The Bertz CT molecular complexity index is 629. The van der Waals surface area contributed by atoms with Gasteiger partial charge in [-0.05, 0) is 17.5 Å². The van der Waals surface area contributed by atoms with Crippen molar-refractivity contribution in [1.82, 2.24) is 0 Å². The fourth-order valence-corrected chi connectivity index (χ4v) is 2.45. The lowest BCUT2D eigenvalue weighted by Crippen LogP contribution is -2.01. The van der Waals surface area contributed by atoms with Crippen LogP contribution in [0.5, 0.6) is 0 Å². The third-order valence-electron chi connectivity index (χ3n) is 2.41. The van der Waals surface area contributed by atoms with Crippen LogP contribution >= 0.6 is 0 Å². The lowest BCUT2D eigenvalue weighted by atomic mass is 10.1. The molecule has 0 aliphatic rings. The van der Waals surface area contributed by atoms with Crippen molar-refractivity contribution >= 4 is 26.6 Å². The minimum Gasteiger partial charge on any atom is -0.744 e. The molecule has 0 heterocycles. The molecule has 1 N–H and O–H groups in total. The molecule has 0 amide bonds. The molecule has 16 heavy (non-hydrogen) atoms. The number of anilines is 1. The number of hydrogen-bond donors (Lipinski definition) is 1. The first kappa shape index (κ1) is 10.9. The fraction of sp³-hybridized carbons (Fsp3) is 0.0909. The highest BCUT2D eigenvalue weighted by atomic mass is 32.2. The van der Waals surface area contributed by atoms with Crippen molar-refractivity contribution in [3.05, 3.63) is 36.4 Å². The molecule has 2 rings (SSSR count). The molecule has 0 fully saturated rings. The summed E-state index contributed by atoms with van der Waals surface area (Å²) in [6.07, 6.45) is 0. The van der Waals surface area contributed by atoms with Gasteiger partial charge in [-0.15, -0.1) is 0 Å². The van der Waals surface area contributed by atoms with Crippen LogP contribution in [0.2, 0.25) is 0 Å². The first-order valence-electron chi connectivity index (χ1n) is 4.69. The summed E-state index contributed by atoms with van der Waals surface area (Å²) < 4.78 is 33.4. The topological polar surface area (TPSA) is 69.2 Å². The summed E-state index contributed by atoms with van der Waals surface area (Å²) in [5.41, 5.74) is 0.632. The molecule has 0 aliphatic carbocycles. The van der Waals surface area contributed by atoms with Crippen molar-refractivity contribution in [3.63, 3.8) is 0 Å². The quantitative estimate of drug-likeness (QED) is 0.807. The summed E-state index contributed by atoms with van der Waals surface area (Å²) in [5, 5.41) is 4.05. The van der Waals surface area contributed by atoms with Crippen molar-refractivity contribution < 1.29 is 13.0 Å². The number of nitrogens with one attached hydrogen (secondary N) is 1. The Balaban J connectivity index is 2.96. The van der Waals surface area contributed by atoms with E-state index in [2.05, 4.69) is 5.32 Å². The summed E-state index contributed by atoms with van der Waals surface area (Å²) >= 11 is 0. The van der Waals surface area contributed by atoms with Gasteiger partial charge < -0.3 is 9.87 Å². The van der Waals surface area contributed by atoms with Crippen LogP contribution in [-0.4, -0.2) is 20.0 Å². The maximum Gasteiger partial charge on any atom is 0.125 e. The lowest BCUT2D eigenvalue weighted by Gasteiger charge is -2.13. The third-order valence-corrected chi connectivity index (χ3v) is 3.28. The van der Waals surface area contributed by atoms with Crippen LogP contribution in [0.25, 0.3) is 10.8 Å². The van der Waals surface area contributed by atoms with E-state index in [0.717, 1.165) is 5.39 Å². The maximum absolute atomic E-state index is 11.1. The Morgan fingerprint density at radius 3 is 2.31 bits per heavy atom. The second kappa shape index (κ2) is 3.77. The van der Waals surface area contributed by atoms with Crippen molar-refractivity contribution in [2.75, 3.05) is 12.4 Å². The monoisotopic (exact) mass is 236 g/mol. The van der Waals surface area contributed by atoms with Crippen molar-refractivity contribution in [1.29, 1.82) is 0 Å². The first-order chi connectivity index (χ1) is 7.54. The Labute approximate surface area is 93.7 Å². The summed E-state index contributed by atoms with van der Waals surface area (Å²) in [7, 11) is -2.77. The van der Waals surface area contributed by atoms with Crippen LogP contribution in [-0.2, 0) is 10.1 Å². The number of benzene rings is 2. The van der Waals surface area contributed by atoms with Crippen LogP contribution in [0.3, 0.4) is 0 Å². The average molecular weight is 236 g/mol. The van der Waals surface area contributed by atoms with Gasteiger partial charge in [0, 0.05) is 18.1 Å². The zero-order valence-corrected chi connectivity index (χ0v) is 9.41. The molecule has 0 bridgehead atoms. The fourth-order valence-electron chi connectivity index (χ4n) is 1.72. The van der Waals surface area contributed by atoms with E-state index in [1.807, 2.05) is 0 Å². The van der Waals surface area contributed by atoms with E-state index in [-0.39, 0.29) is 4.90 Å². The van der Waals surface area contributed by atoms with E-state index in [0.29, 0.717) is 11.1 Å². The molecule has 0 aromatic heterocycles. The van der Waals surface area contributed by atoms with Gasteiger partial charge in [-0.3, -0.25) is 0 Å². The smallest absolute Gasteiger partial charge is 0.125 e. The molecule has 0 radical (unpaired) electrons. The molecule has 4 nitrogen and oxygen atoms in total. The molecule has 2 aromatic rings. The van der Waals surface area contributed by atoms with Crippen LogP contribution in [0.15, 0.2) is 41.3 Å². The molecule has 84 valence electrons. The Morgan fingerprint density at radius 2 is 1.75 bits per heavy atom. The number of fused-ring (bicyclic) bond motifs is 1. The van der Waals surface area contributed by atoms with Gasteiger partial charge in [0.05, 0.1) is 4.90 Å². The molecule has 0 saturated heterocycles. The molecular weight excluding hydrogens is 226 g/mol. The second-order valence-corrected chi connectivity index (χ2v) is 4.71. The van der Waals surface area contributed by atoms with E-state index >= 15 is 0 Å². The largest absolute Gasteiger partial charge is 0.744 e. The van der Waals surface area contributed by atoms with Gasteiger partial charge in [0.25, 0.3) is 0 Å². The molecule has 0 aliphatic heterocycles. The van der Waals surface area contributed by atoms with Crippen LogP contribution in [0.4, 0.5) is 5.69 Å². The van der Waals surface area contributed by atoms with Crippen molar-refractivity contribution in [2.24, 2.45) is 0 Å². The van der Waals surface area contributed by atoms with Gasteiger partial charge in [-0.25, -0.2) is 8.42 Å². The van der Waals surface area contributed by atoms with E-state index in [9.17, 15) is 13.0 Å². The molecule has 0 spiro atoms. The lowest BCUT2D eigenvalue weighted by molar-refractivity contribution is 0.464. The Hall–Kier alpha value is -1.59. The summed E-state index contributed by atoms with van der Waals surface area (Å²) in [6.45, 7) is 0. The normalized spacial score (nSPS) is 11.6. The Kier molecular flexibility index (Phi) is 2.57. The van der Waals surface area contributed by atoms with Crippen molar-refractivity contribution in [2.45, 2.75) is 4.90 Å². The van der Waals surface area contributed by atoms with Gasteiger partial charge >= 0.3 is 0 Å². The van der Waals surface area contributed by atoms with Gasteiger partial charge in [-0.2, -0.15) is 0 Å². The number of rotatable bonds is 2. The molecular formula is C11H10NO3S-. The number of hydrogen-bond acceptors (Lipinski definition) is 4. The minimum atomic E-state index is -4.45. The second-order valence-electron chi connectivity index (χ2n) is 3.36. The highest BCUT2D eigenvalue weighted by Crippen LogP contribution is 2.29. The zero-order chi connectivity index (χ0) is 11.8. The van der Waals surface area contributed by atoms with Crippen molar-refractivity contribution in [3.8, 4) is 0 Å². The van der Waals surface area contributed by atoms with Gasteiger partial charge in [0.1, 0.15) is 10.1 Å². The van der Waals surface area contributed by atoms with Gasteiger partial charge in [0.2, 0.25) is 0 Å². The third kappa shape index (κ3) is 1.75. The highest BCUT2D eigenvalue weighted by Gasteiger charge is 2.09. The van der Waals surface area contributed by atoms with Gasteiger partial charge in [0.15, 0.2) is 0 Å². The summed E-state index contributed by atoms with van der Waals surface area (Å²) in [5.74, 6) is 0. The highest BCUT2D eigenvalue weighted by molar-refractivity contribution is 7.86. The molecule has 2 aromatic carbocycles. The summed E-state index contributed by atoms with van der Waals surface area (Å²) in [6, 6.07) is 9.96. The molecule has 0 atom stereocenters. The van der Waals surface area contributed by atoms with E-state index < -0.39 is 10.1 Å². The van der Waals surface area contributed by atoms with Gasteiger partial charge in [-0.1, -0.05) is 24.3 Å². The average Bonchev–Trinajstić information content (AvgIpc) is 2.26. The SMILES string of the molecule is CNc1cccc2cccc(S(=O)(=O)[O-])c12. The van der Waals surface area contributed by atoms with E-state index in [1.165, 1.54) is 6.07 Å². The minimum absolute atomic E-state index is 0.185. The van der Waals surface area contributed by atoms with Crippen LogP contribution < -0.4 is 5.32 Å². The molecule has 0 saturated carbocycles.